The molecule has 4 rings (SSSR count). The van der Waals surface area contributed by atoms with Gasteiger partial charge in [-0.05, 0) is 49.3 Å². The van der Waals surface area contributed by atoms with Gasteiger partial charge < -0.3 is 19.7 Å². The Morgan fingerprint density at radius 3 is 2.53 bits per heavy atom. The Bertz CT molecular complexity index is 1010. The van der Waals surface area contributed by atoms with E-state index in [-0.39, 0.29) is 16.4 Å². The Morgan fingerprint density at radius 1 is 1.07 bits per heavy atom. The molecule has 2 aromatic carbocycles. The summed E-state index contributed by atoms with van der Waals surface area (Å²) in [6.07, 6.45) is 2.00. The van der Waals surface area contributed by atoms with Crippen LogP contribution in [-0.4, -0.2) is 42.2 Å². The van der Waals surface area contributed by atoms with Crippen LogP contribution in [0.3, 0.4) is 0 Å². The van der Waals surface area contributed by atoms with E-state index >= 15 is 0 Å². The summed E-state index contributed by atoms with van der Waals surface area (Å²) in [6.45, 7) is 2.51. The van der Waals surface area contributed by atoms with Gasteiger partial charge in [0.1, 0.15) is 18.9 Å². The Kier molecular flexibility index (Phi) is 5.66. The van der Waals surface area contributed by atoms with Crippen LogP contribution in [-0.2, 0) is 0 Å². The summed E-state index contributed by atoms with van der Waals surface area (Å²) in [5.74, 6) is 0.710. The van der Waals surface area contributed by atoms with E-state index in [4.69, 9.17) is 21.7 Å². The highest BCUT2D eigenvalue weighted by Crippen LogP contribution is 2.33. The first-order valence-corrected chi connectivity index (χ1v) is 9.97. The van der Waals surface area contributed by atoms with Crippen LogP contribution in [0.5, 0.6) is 11.5 Å². The number of nitro groups is 1. The average molecular weight is 428 g/mol. The number of carbonyl (C=O) groups is 1. The fourth-order valence-electron chi connectivity index (χ4n) is 3.50. The van der Waals surface area contributed by atoms with Crippen molar-refractivity contribution in [2.45, 2.75) is 12.8 Å². The number of thiocarbonyl (C=S) groups is 1. The minimum absolute atomic E-state index is 0.0722. The van der Waals surface area contributed by atoms with Crippen LogP contribution in [0.4, 0.5) is 17.1 Å². The lowest BCUT2D eigenvalue weighted by Crippen LogP contribution is -2.34. The lowest BCUT2D eigenvalue weighted by atomic mass is 10.1. The van der Waals surface area contributed by atoms with Crippen LogP contribution in [0.25, 0.3) is 0 Å². The molecule has 1 fully saturated rings. The molecule has 10 heteroatoms. The maximum atomic E-state index is 12.6. The van der Waals surface area contributed by atoms with Crippen molar-refractivity contribution in [3.8, 4) is 11.5 Å². The quantitative estimate of drug-likeness (QED) is 0.435. The zero-order valence-corrected chi connectivity index (χ0v) is 16.9. The zero-order valence-electron chi connectivity index (χ0n) is 16.1. The highest BCUT2D eigenvalue weighted by atomic mass is 32.1. The maximum Gasteiger partial charge on any atom is 0.293 e. The van der Waals surface area contributed by atoms with Crippen molar-refractivity contribution in [1.82, 2.24) is 5.32 Å². The van der Waals surface area contributed by atoms with Gasteiger partial charge in [-0.2, -0.15) is 0 Å². The van der Waals surface area contributed by atoms with Gasteiger partial charge in [0.15, 0.2) is 16.6 Å². The van der Waals surface area contributed by atoms with Crippen LogP contribution >= 0.6 is 12.2 Å². The molecule has 0 bridgehead atoms. The van der Waals surface area contributed by atoms with E-state index in [1.54, 1.807) is 30.3 Å². The summed E-state index contributed by atoms with van der Waals surface area (Å²) >= 11 is 5.21. The third-order valence-corrected chi connectivity index (χ3v) is 5.11. The number of hydrogen-bond donors (Lipinski definition) is 2. The van der Waals surface area contributed by atoms with Crippen molar-refractivity contribution in [2.24, 2.45) is 0 Å². The summed E-state index contributed by atoms with van der Waals surface area (Å²) < 4.78 is 11.0. The molecule has 2 aliphatic rings. The number of carbonyl (C=O) groups excluding carboxylic acids is 1. The number of nitrogens with zero attached hydrogens (tertiary/aromatic N) is 2. The number of hydrogen-bond acceptors (Lipinski definition) is 7. The van der Waals surface area contributed by atoms with Crippen LogP contribution in [0.2, 0.25) is 0 Å². The first-order valence-electron chi connectivity index (χ1n) is 9.56. The maximum absolute atomic E-state index is 12.6. The fourth-order valence-corrected chi connectivity index (χ4v) is 3.71. The van der Waals surface area contributed by atoms with E-state index in [9.17, 15) is 14.9 Å². The normalized spacial score (nSPS) is 14.9. The molecule has 0 atom stereocenters. The van der Waals surface area contributed by atoms with Crippen molar-refractivity contribution in [2.75, 3.05) is 36.5 Å². The van der Waals surface area contributed by atoms with E-state index in [1.807, 2.05) is 4.90 Å². The van der Waals surface area contributed by atoms with Crippen LogP contribution in [0.15, 0.2) is 36.4 Å². The fraction of sp³-hybridized carbons (Fsp3) is 0.300. The highest BCUT2D eigenvalue weighted by molar-refractivity contribution is 7.80. The van der Waals surface area contributed by atoms with Gasteiger partial charge in [-0.15, -0.1) is 0 Å². The minimum Gasteiger partial charge on any atom is -0.486 e. The standard InChI is InChI=1S/C20H20N4O5S/c25-19(13-3-5-15(16(11-13)24(26)27)23-7-1-2-8-23)22-20(30)21-14-4-6-17-18(12-14)29-10-9-28-17/h3-6,11-12H,1-2,7-10H2,(H2,21,22,25,30). The Balaban J connectivity index is 1.44. The summed E-state index contributed by atoms with van der Waals surface area (Å²) in [6, 6.07) is 9.71. The SMILES string of the molecule is O=C(NC(=S)Nc1ccc2c(c1)OCCO2)c1ccc(N2CCCC2)c([N+](=O)[O-])c1. The number of nitro benzene ring substituents is 1. The van der Waals surface area contributed by atoms with E-state index in [0.717, 1.165) is 25.9 Å². The van der Waals surface area contributed by atoms with E-state index < -0.39 is 10.8 Å². The molecule has 1 amide bonds. The molecule has 156 valence electrons. The predicted octanol–water partition coefficient (Wildman–Crippen LogP) is 3.09. The number of amides is 1. The molecule has 0 saturated carbocycles. The van der Waals surface area contributed by atoms with Gasteiger partial charge >= 0.3 is 0 Å². The number of rotatable bonds is 4. The van der Waals surface area contributed by atoms with Crippen molar-refractivity contribution < 1.29 is 19.2 Å². The summed E-state index contributed by atoms with van der Waals surface area (Å²) in [5.41, 5.74) is 1.23. The number of benzene rings is 2. The van der Waals surface area contributed by atoms with E-state index in [0.29, 0.717) is 36.1 Å². The topological polar surface area (TPSA) is 106 Å². The Morgan fingerprint density at radius 2 is 1.80 bits per heavy atom. The Hall–Kier alpha value is -3.40. The third kappa shape index (κ3) is 4.28. The molecule has 2 N–H and O–H groups in total. The second-order valence-electron chi connectivity index (χ2n) is 6.92. The second-order valence-corrected chi connectivity index (χ2v) is 7.33. The van der Waals surface area contributed by atoms with Crippen LogP contribution in [0.1, 0.15) is 23.2 Å². The molecule has 9 nitrogen and oxygen atoms in total. The number of fused-ring (bicyclic) bond motifs is 1. The first kappa shape index (κ1) is 19.9. The first-order chi connectivity index (χ1) is 14.5. The molecular formula is C20H20N4O5S. The molecule has 2 aliphatic heterocycles. The van der Waals surface area contributed by atoms with Crippen molar-refractivity contribution in [3.05, 3.63) is 52.1 Å². The van der Waals surface area contributed by atoms with Crippen LogP contribution < -0.4 is 25.0 Å². The second kappa shape index (κ2) is 8.54. The van der Waals surface area contributed by atoms with Gasteiger partial charge in [0.25, 0.3) is 11.6 Å². The van der Waals surface area contributed by atoms with Crippen molar-refractivity contribution in [3.63, 3.8) is 0 Å². The smallest absolute Gasteiger partial charge is 0.293 e. The molecule has 0 aromatic heterocycles. The van der Waals surface area contributed by atoms with Gasteiger partial charge in [0, 0.05) is 36.5 Å². The predicted molar refractivity (Wildman–Crippen MR) is 116 cm³/mol. The van der Waals surface area contributed by atoms with Gasteiger partial charge in [0.2, 0.25) is 0 Å². The molecule has 0 spiro atoms. The molecule has 1 saturated heterocycles. The van der Waals surface area contributed by atoms with Crippen molar-refractivity contribution >= 4 is 40.3 Å². The molecule has 2 aromatic rings. The monoisotopic (exact) mass is 428 g/mol. The molecule has 2 heterocycles. The van der Waals surface area contributed by atoms with E-state index in [2.05, 4.69) is 10.6 Å². The summed E-state index contributed by atoms with van der Waals surface area (Å²) in [5, 5.41) is 17.1. The highest BCUT2D eigenvalue weighted by Gasteiger charge is 2.24. The van der Waals surface area contributed by atoms with Crippen molar-refractivity contribution in [1.29, 1.82) is 0 Å². The summed E-state index contributed by atoms with van der Waals surface area (Å²) in [7, 11) is 0. The average Bonchev–Trinajstić information content (AvgIpc) is 3.27. The lowest BCUT2D eigenvalue weighted by Gasteiger charge is -2.19. The zero-order chi connectivity index (χ0) is 21.1. The molecule has 0 unspecified atom stereocenters. The largest absolute Gasteiger partial charge is 0.486 e. The molecular weight excluding hydrogens is 408 g/mol. The third-order valence-electron chi connectivity index (χ3n) is 4.91. The van der Waals surface area contributed by atoms with Gasteiger partial charge in [-0.25, -0.2) is 0 Å². The van der Waals surface area contributed by atoms with Crippen LogP contribution in [0, 0.1) is 10.1 Å². The number of ether oxygens (including phenoxy) is 2. The molecule has 30 heavy (non-hydrogen) atoms. The Labute approximate surface area is 178 Å². The summed E-state index contributed by atoms with van der Waals surface area (Å²) in [4.78, 5) is 25.6. The number of anilines is 2. The minimum atomic E-state index is -0.527. The van der Waals surface area contributed by atoms with Gasteiger partial charge in [-0.1, -0.05) is 0 Å². The lowest BCUT2D eigenvalue weighted by molar-refractivity contribution is -0.384. The molecule has 0 radical (unpaired) electrons. The van der Waals surface area contributed by atoms with Gasteiger partial charge in [-0.3, -0.25) is 20.2 Å². The number of nitrogens with one attached hydrogen (secondary N) is 2. The molecule has 0 aliphatic carbocycles. The van der Waals surface area contributed by atoms with Gasteiger partial charge in [0.05, 0.1) is 4.92 Å². The van der Waals surface area contributed by atoms with E-state index in [1.165, 1.54) is 6.07 Å².